The molecule has 1 aliphatic rings. The predicted molar refractivity (Wildman–Crippen MR) is 59.3 cm³/mol. The number of carbonyl (C=O) groups is 1. The van der Waals surface area contributed by atoms with E-state index in [1.165, 1.54) is 5.56 Å². The van der Waals surface area contributed by atoms with Crippen molar-refractivity contribution < 1.29 is 4.79 Å². The highest BCUT2D eigenvalue weighted by molar-refractivity contribution is 5.87. The third-order valence-electron chi connectivity index (χ3n) is 3.32. The number of benzene rings is 1. The van der Waals surface area contributed by atoms with E-state index in [1.54, 1.807) is 7.05 Å². The van der Waals surface area contributed by atoms with Crippen molar-refractivity contribution in [1.29, 1.82) is 0 Å². The van der Waals surface area contributed by atoms with Crippen LogP contribution in [0.15, 0.2) is 24.3 Å². The number of hydrogen-bond acceptors (Lipinski definition) is 2. The van der Waals surface area contributed by atoms with E-state index in [-0.39, 0.29) is 5.91 Å². The molecule has 80 valence electrons. The van der Waals surface area contributed by atoms with Gasteiger partial charge in [0.2, 0.25) is 5.91 Å². The van der Waals surface area contributed by atoms with E-state index >= 15 is 0 Å². The summed E-state index contributed by atoms with van der Waals surface area (Å²) in [5.74, 6) is -0.280. The zero-order chi connectivity index (χ0) is 10.9. The molecular formula is C12H16N2O. The molecule has 1 atom stereocenters. The van der Waals surface area contributed by atoms with Gasteiger partial charge in [-0.25, -0.2) is 0 Å². The van der Waals surface area contributed by atoms with Crippen LogP contribution >= 0.6 is 0 Å². The number of aryl methyl sites for hydroxylation is 1. The molecule has 1 aliphatic carbocycles. The molecule has 3 nitrogen and oxygen atoms in total. The number of nitrogens with two attached hydrogens (primary N) is 1. The van der Waals surface area contributed by atoms with Crippen molar-refractivity contribution in [1.82, 2.24) is 5.32 Å². The van der Waals surface area contributed by atoms with Gasteiger partial charge in [0.1, 0.15) is 5.54 Å². The minimum atomic E-state index is -0.658. The molecular weight excluding hydrogens is 188 g/mol. The van der Waals surface area contributed by atoms with E-state index in [0.717, 1.165) is 24.8 Å². The second kappa shape index (κ2) is 3.66. The fourth-order valence-corrected chi connectivity index (χ4v) is 2.47. The molecule has 0 heterocycles. The maximum atomic E-state index is 11.6. The Balaban J connectivity index is 2.57. The van der Waals surface area contributed by atoms with Crippen LogP contribution in [-0.2, 0) is 16.8 Å². The van der Waals surface area contributed by atoms with Crippen molar-refractivity contribution in [3.63, 3.8) is 0 Å². The van der Waals surface area contributed by atoms with Gasteiger partial charge in [-0.15, -0.1) is 0 Å². The Morgan fingerprint density at radius 1 is 1.47 bits per heavy atom. The molecule has 0 fully saturated rings. The summed E-state index contributed by atoms with van der Waals surface area (Å²) in [6.45, 7) is 0. The summed E-state index contributed by atoms with van der Waals surface area (Å²) < 4.78 is 0. The van der Waals surface area contributed by atoms with Crippen LogP contribution in [0, 0.1) is 0 Å². The van der Waals surface area contributed by atoms with Crippen molar-refractivity contribution in [2.75, 3.05) is 7.05 Å². The molecule has 1 unspecified atom stereocenters. The van der Waals surface area contributed by atoms with E-state index in [0.29, 0.717) is 0 Å². The van der Waals surface area contributed by atoms with Gasteiger partial charge in [0, 0.05) is 0 Å². The quantitative estimate of drug-likeness (QED) is 0.752. The average molecular weight is 204 g/mol. The van der Waals surface area contributed by atoms with Crippen LogP contribution in [0.1, 0.15) is 24.0 Å². The summed E-state index contributed by atoms with van der Waals surface area (Å²) in [6.07, 6.45) is 2.82. The summed E-state index contributed by atoms with van der Waals surface area (Å²) in [6, 6.07) is 8.03. The number of amides is 1. The molecule has 0 saturated heterocycles. The number of hydrogen-bond donors (Lipinski definition) is 2. The van der Waals surface area contributed by atoms with Crippen molar-refractivity contribution in [2.45, 2.75) is 24.8 Å². The van der Waals surface area contributed by atoms with Crippen LogP contribution in [0.25, 0.3) is 0 Å². The lowest BCUT2D eigenvalue weighted by atomic mass is 9.76. The monoisotopic (exact) mass is 204 g/mol. The maximum Gasteiger partial charge on any atom is 0.242 e. The minimum absolute atomic E-state index is 0.280. The van der Waals surface area contributed by atoms with Crippen molar-refractivity contribution >= 4 is 5.91 Å². The normalized spacial score (nSPS) is 24.6. The van der Waals surface area contributed by atoms with Crippen molar-refractivity contribution in [2.24, 2.45) is 5.73 Å². The highest BCUT2D eigenvalue weighted by Crippen LogP contribution is 2.34. The third kappa shape index (κ3) is 1.43. The van der Waals surface area contributed by atoms with Gasteiger partial charge in [-0.1, -0.05) is 24.3 Å². The average Bonchev–Trinajstić information content (AvgIpc) is 2.28. The lowest BCUT2D eigenvalue weighted by Crippen LogP contribution is -2.53. The van der Waals surface area contributed by atoms with E-state index in [4.69, 9.17) is 5.73 Å². The van der Waals surface area contributed by atoms with Crippen LogP contribution in [0.5, 0.6) is 0 Å². The minimum Gasteiger partial charge on any atom is -0.368 e. The molecule has 3 N–H and O–H groups in total. The second-order valence-corrected chi connectivity index (χ2v) is 4.03. The first-order valence-electron chi connectivity index (χ1n) is 5.28. The first-order chi connectivity index (χ1) is 7.20. The molecule has 0 spiro atoms. The Bertz CT molecular complexity index is 389. The molecule has 0 saturated carbocycles. The van der Waals surface area contributed by atoms with Gasteiger partial charge < -0.3 is 11.1 Å². The van der Waals surface area contributed by atoms with Crippen LogP contribution in [0.2, 0.25) is 0 Å². The Hall–Kier alpha value is -1.35. The van der Waals surface area contributed by atoms with Crippen molar-refractivity contribution in [3.8, 4) is 0 Å². The van der Waals surface area contributed by atoms with Crippen LogP contribution in [-0.4, -0.2) is 13.0 Å². The zero-order valence-electron chi connectivity index (χ0n) is 8.92. The Morgan fingerprint density at radius 2 is 2.20 bits per heavy atom. The summed E-state index contributed by atoms with van der Waals surface area (Å²) in [4.78, 5) is 11.6. The summed E-state index contributed by atoms with van der Waals surface area (Å²) in [5.41, 5.74) is 7.15. The van der Waals surface area contributed by atoms with E-state index in [2.05, 4.69) is 11.4 Å². The topological polar surface area (TPSA) is 55.1 Å². The molecule has 0 aliphatic heterocycles. The van der Waals surface area contributed by atoms with Gasteiger partial charge in [0.15, 0.2) is 0 Å². The Kier molecular flexibility index (Phi) is 2.49. The fraction of sp³-hybridized carbons (Fsp3) is 0.417. The van der Waals surface area contributed by atoms with Gasteiger partial charge in [0.05, 0.1) is 0 Å². The molecule has 3 heteroatoms. The van der Waals surface area contributed by atoms with Crippen molar-refractivity contribution in [3.05, 3.63) is 35.4 Å². The first kappa shape index (κ1) is 10.2. The molecule has 2 rings (SSSR count). The summed E-state index contributed by atoms with van der Waals surface area (Å²) in [7, 11) is 1.80. The van der Waals surface area contributed by atoms with Crippen LogP contribution < -0.4 is 11.1 Å². The summed E-state index contributed by atoms with van der Waals surface area (Å²) >= 11 is 0. The standard InChI is InChI=1S/C12H16N2O/c1-14-12(11(13)15)8-4-6-9-5-2-3-7-10(9)12/h2-3,5,7,14H,4,6,8H2,1H3,(H2,13,15). The zero-order valence-corrected chi connectivity index (χ0v) is 8.92. The van der Waals surface area contributed by atoms with Gasteiger partial charge in [0.25, 0.3) is 0 Å². The number of carbonyl (C=O) groups excluding carboxylic acids is 1. The maximum absolute atomic E-state index is 11.6. The Morgan fingerprint density at radius 3 is 2.87 bits per heavy atom. The SMILES string of the molecule is CNC1(C(N)=O)CCCc2ccccc21. The third-order valence-corrected chi connectivity index (χ3v) is 3.32. The lowest BCUT2D eigenvalue weighted by Gasteiger charge is -2.36. The second-order valence-electron chi connectivity index (χ2n) is 4.03. The van der Waals surface area contributed by atoms with Gasteiger partial charge >= 0.3 is 0 Å². The Labute approximate surface area is 89.7 Å². The smallest absolute Gasteiger partial charge is 0.242 e. The molecule has 15 heavy (non-hydrogen) atoms. The van der Waals surface area contributed by atoms with Gasteiger partial charge in [-0.05, 0) is 37.4 Å². The van der Waals surface area contributed by atoms with Crippen LogP contribution in [0.4, 0.5) is 0 Å². The molecule has 1 aromatic carbocycles. The van der Waals surface area contributed by atoms with E-state index in [9.17, 15) is 4.79 Å². The number of nitrogens with one attached hydrogen (secondary N) is 1. The van der Waals surface area contributed by atoms with Gasteiger partial charge in [-0.3, -0.25) is 4.79 Å². The highest BCUT2D eigenvalue weighted by Gasteiger charge is 2.40. The molecule has 0 aromatic heterocycles. The van der Waals surface area contributed by atoms with E-state index in [1.807, 2.05) is 18.2 Å². The number of rotatable bonds is 2. The highest BCUT2D eigenvalue weighted by atomic mass is 16.1. The van der Waals surface area contributed by atoms with Gasteiger partial charge in [-0.2, -0.15) is 0 Å². The fourth-order valence-electron chi connectivity index (χ4n) is 2.47. The number of primary amides is 1. The van der Waals surface area contributed by atoms with E-state index < -0.39 is 5.54 Å². The largest absolute Gasteiger partial charge is 0.368 e. The molecule has 1 aromatic rings. The predicted octanol–water partition coefficient (Wildman–Crippen LogP) is 0.923. The first-order valence-corrected chi connectivity index (χ1v) is 5.28. The molecule has 0 radical (unpaired) electrons. The number of likely N-dealkylation sites (N-methyl/N-ethyl adjacent to an activating group) is 1. The summed E-state index contributed by atoms with van der Waals surface area (Å²) in [5, 5.41) is 3.10. The number of fused-ring (bicyclic) bond motifs is 1. The van der Waals surface area contributed by atoms with Crippen LogP contribution in [0.3, 0.4) is 0 Å². The molecule has 0 bridgehead atoms. The molecule has 1 amide bonds. The lowest BCUT2D eigenvalue weighted by molar-refractivity contribution is -0.125.